The molecule has 27 heavy (non-hydrogen) atoms. The lowest BCUT2D eigenvalue weighted by atomic mass is 9.97. The Hall–Kier alpha value is -2.15. The SMILES string of the molecule is Cc1cc(N2CC(=O)NC2=S)cc(-c2ccc(Cl)cc2)c1N1CCOCC1. The number of nitrogens with one attached hydrogen (secondary N) is 1. The second-order valence-electron chi connectivity index (χ2n) is 6.70. The number of hydrogen-bond donors (Lipinski definition) is 1. The van der Waals surface area contributed by atoms with Crippen LogP contribution in [0.3, 0.4) is 0 Å². The Labute approximate surface area is 168 Å². The number of nitrogens with zero attached hydrogens (tertiary/aromatic N) is 2. The van der Waals surface area contributed by atoms with Gasteiger partial charge in [-0.25, -0.2) is 0 Å². The largest absolute Gasteiger partial charge is 0.378 e. The van der Waals surface area contributed by atoms with Crippen LogP contribution in [0.2, 0.25) is 5.02 Å². The summed E-state index contributed by atoms with van der Waals surface area (Å²) < 4.78 is 5.52. The summed E-state index contributed by atoms with van der Waals surface area (Å²) in [6, 6.07) is 12.0. The van der Waals surface area contributed by atoms with Gasteiger partial charge in [0.2, 0.25) is 5.91 Å². The van der Waals surface area contributed by atoms with E-state index in [1.165, 1.54) is 5.69 Å². The molecule has 0 radical (unpaired) electrons. The number of anilines is 2. The van der Waals surface area contributed by atoms with Gasteiger partial charge in [0.1, 0.15) is 6.54 Å². The van der Waals surface area contributed by atoms with Crippen LogP contribution in [-0.2, 0) is 9.53 Å². The molecule has 7 heteroatoms. The Kier molecular flexibility index (Phi) is 5.04. The Morgan fingerprint density at radius 1 is 1.15 bits per heavy atom. The van der Waals surface area contributed by atoms with Crippen molar-refractivity contribution in [1.29, 1.82) is 0 Å². The molecule has 4 rings (SSSR count). The van der Waals surface area contributed by atoms with E-state index in [4.69, 9.17) is 28.6 Å². The molecule has 2 heterocycles. The van der Waals surface area contributed by atoms with Crippen molar-refractivity contribution < 1.29 is 9.53 Å². The van der Waals surface area contributed by atoms with Crippen molar-refractivity contribution in [2.24, 2.45) is 0 Å². The Morgan fingerprint density at radius 3 is 2.48 bits per heavy atom. The quantitative estimate of drug-likeness (QED) is 0.799. The first-order chi connectivity index (χ1) is 13.0. The van der Waals surface area contributed by atoms with Gasteiger partial charge >= 0.3 is 0 Å². The Balaban J connectivity index is 1.84. The van der Waals surface area contributed by atoms with E-state index in [9.17, 15) is 4.79 Å². The molecule has 1 amide bonds. The molecule has 5 nitrogen and oxygen atoms in total. The number of benzene rings is 2. The van der Waals surface area contributed by atoms with Crippen molar-refractivity contribution in [3.63, 3.8) is 0 Å². The summed E-state index contributed by atoms with van der Waals surface area (Å²) in [7, 11) is 0. The van der Waals surface area contributed by atoms with Gasteiger partial charge in [0.05, 0.1) is 13.2 Å². The first-order valence-electron chi connectivity index (χ1n) is 8.87. The van der Waals surface area contributed by atoms with Crippen LogP contribution in [0.5, 0.6) is 0 Å². The van der Waals surface area contributed by atoms with Gasteiger partial charge in [0, 0.05) is 35.1 Å². The van der Waals surface area contributed by atoms with Gasteiger partial charge in [-0.15, -0.1) is 0 Å². The Bertz CT molecular complexity index is 895. The van der Waals surface area contributed by atoms with Crippen molar-refractivity contribution in [3.05, 3.63) is 47.0 Å². The molecule has 0 aromatic heterocycles. The zero-order valence-electron chi connectivity index (χ0n) is 15.0. The summed E-state index contributed by atoms with van der Waals surface area (Å²) in [5.41, 5.74) is 5.43. The number of carbonyl (C=O) groups is 1. The molecule has 0 saturated carbocycles. The predicted molar refractivity (Wildman–Crippen MR) is 113 cm³/mol. The number of halogens is 1. The summed E-state index contributed by atoms with van der Waals surface area (Å²) >= 11 is 11.4. The average molecular weight is 402 g/mol. The highest BCUT2D eigenvalue weighted by atomic mass is 35.5. The molecule has 0 bridgehead atoms. The van der Waals surface area contributed by atoms with E-state index in [1.807, 2.05) is 29.2 Å². The molecule has 0 aliphatic carbocycles. The van der Waals surface area contributed by atoms with Crippen LogP contribution in [0.25, 0.3) is 11.1 Å². The lowest BCUT2D eigenvalue weighted by molar-refractivity contribution is -0.117. The fourth-order valence-electron chi connectivity index (χ4n) is 3.62. The van der Waals surface area contributed by atoms with Crippen LogP contribution >= 0.6 is 23.8 Å². The fourth-order valence-corrected chi connectivity index (χ4v) is 4.03. The number of hydrogen-bond acceptors (Lipinski definition) is 4. The zero-order valence-corrected chi connectivity index (χ0v) is 16.6. The summed E-state index contributed by atoms with van der Waals surface area (Å²) in [5, 5.41) is 3.85. The summed E-state index contributed by atoms with van der Waals surface area (Å²) in [5.74, 6) is -0.0806. The smallest absolute Gasteiger partial charge is 0.246 e. The molecule has 0 atom stereocenters. The third kappa shape index (κ3) is 3.65. The van der Waals surface area contributed by atoms with Crippen LogP contribution in [-0.4, -0.2) is 43.9 Å². The molecular weight excluding hydrogens is 382 g/mol. The second kappa shape index (κ2) is 7.46. The first kappa shape index (κ1) is 18.2. The summed E-state index contributed by atoms with van der Waals surface area (Å²) in [6.07, 6.45) is 0. The van der Waals surface area contributed by atoms with Gasteiger partial charge in [-0.1, -0.05) is 23.7 Å². The van der Waals surface area contributed by atoms with Gasteiger partial charge < -0.3 is 19.9 Å². The molecule has 2 saturated heterocycles. The van der Waals surface area contributed by atoms with E-state index in [1.54, 1.807) is 0 Å². The third-order valence-corrected chi connectivity index (χ3v) is 5.45. The number of thiocarbonyl (C=S) groups is 1. The van der Waals surface area contributed by atoms with E-state index in [0.29, 0.717) is 10.1 Å². The first-order valence-corrected chi connectivity index (χ1v) is 9.66. The van der Waals surface area contributed by atoms with Crippen LogP contribution < -0.4 is 15.1 Å². The summed E-state index contributed by atoms with van der Waals surface area (Å²) in [6.45, 7) is 5.48. The highest BCUT2D eigenvalue weighted by Gasteiger charge is 2.27. The molecule has 0 spiro atoms. The van der Waals surface area contributed by atoms with Crippen molar-refractivity contribution in [3.8, 4) is 11.1 Å². The standard InChI is InChI=1S/C20H20ClN3O2S/c1-13-10-16(24-12-18(25)22-20(24)27)11-17(14-2-4-15(21)5-3-14)19(13)23-6-8-26-9-7-23/h2-5,10-11H,6-9,12H2,1H3,(H,22,25,27). The van der Waals surface area contributed by atoms with Gasteiger partial charge in [0.25, 0.3) is 0 Å². The highest BCUT2D eigenvalue weighted by Crippen LogP contribution is 2.38. The third-order valence-electron chi connectivity index (χ3n) is 4.87. The molecule has 2 aromatic carbocycles. The molecule has 140 valence electrons. The Morgan fingerprint density at radius 2 is 1.85 bits per heavy atom. The molecule has 2 aliphatic heterocycles. The van der Waals surface area contributed by atoms with E-state index in [0.717, 1.165) is 48.7 Å². The number of rotatable bonds is 3. The number of amides is 1. The second-order valence-corrected chi connectivity index (χ2v) is 7.53. The molecule has 0 unspecified atom stereocenters. The van der Waals surface area contributed by atoms with Crippen molar-refractivity contribution in [2.45, 2.75) is 6.92 Å². The average Bonchev–Trinajstić information content (AvgIpc) is 3.00. The van der Waals surface area contributed by atoms with Gasteiger partial charge in [0.15, 0.2) is 5.11 Å². The summed E-state index contributed by atoms with van der Waals surface area (Å²) in [4.78, 5) is 16.0. The zero-order chi connectivity index (χ0) is 19.0. The minimum Gasteiger partial charge on any atom is -0.378 e. The number of aryl methyl sites for hydroxylation is 1. The van der Waals surface area contributed by atoms with Gasteiger partial charge in [-0.2, -0.15) is 0 Å². The normalized spacial score (nSPS) is 17.4. The van der Waals surface area contributed by atoms with E-state index < -0.39 is 0 Å². The van der Waals surface area contributed by atoms with Crippen LogP contribution in [0.4, 0.5) is 11.4 Å². The van der Waals surface area contributed by atoms with Gasteiger partial charge in [-0.05, 0) is 54.5 Å². The van der Waals surface area contributed by atoms with Crippen molar-refractivity contribution >= 4 is 46.2 Å². The molecule has 2 fully saturated rings. The van der Waals surface area contributed by atoms with Crippen LogP contribution in [0, 0.1) is 6.92 Å². The minimum atomic E-state index is -0.0806. The van der Waals surface area contributed by atoms with E-state index in [-0.39, 0.29) is 12.5 Å². The van der Waals surface area contributed by atoms with Crippen molar-refractivity contribution in [1.82, 2.24) is 5.32 Å². The maximum atomic E-state index is 11.8. The monoisotopic (exact) mass is 401 g/mol. The minimum absolute atomic E-state index is 0.0806. The highest BCUT2D eigenvalue weighted by molar-refractivity contribution is 7.80. The number of morpholine rings is 1. The molecule has 2 aromatic rings. The lowest BCUT2D eigenvalue weighted by Gasteiger charge is -2.33. The molecular formula is C20H20ClN3O2S. The van der Waals surface area contributed by atoms with Crippen molar-refractivity contribution in [2.75, 3.05) is 42.6 Å². The van der Waals surface area contributed by atoms with E-state index in [2.05, 4.69) is 29.3 Å². The predicted octanol–water partition coefficient (Wildman–Crippen LogP) is 3.37. The van der Waals surface area contributed by atoms with E-state index >= 15 is 0 Å². The lowest BCUT2D eigenvalue weighted by Crippen LogP contribution is -2.37. The molecule has 1 N–H and O–H groups in total. The number of ether oxygens (including phenoxy) is 1. The topological polar surface area (TPSA) is 44.8 Å². The number of carbonyl (C=O) groups excluding carboxylic acids is 1. The fraction of sp³-hybridized carbons (Fsp3) is 0.300. The molecule has 2 aliphatic rings. The van der Waals surface area contributed by atoms with Crippen LogP contribution in [0.1, 0.15) is 5.56 Å². The van der Waals surface area contributed by atoms with Crippen LogP contribution in [0.15, 0.2) is 36.4 Å². The van der Waals surface area contributed by atoms with Gasteiger partial charge in [-0.3, -0.25) is 4.79 Å². The maximum Gasteiger partial charge on any atom is 0.246 e. The maximum absolute atomic E-state index is 11.8.